The number of benzene rings is 1. The van der Waals surface area contributed by atoms with Crippen LogP contribution < -0.4 is 15.8 Å². The lowest BCUT2D eigenvalue weighted by Crippen LogP contribution is -2.41. The standard InChI is InChI=1S/C17H30N4O2S.HI/c1-13(2)6-5-7-14(3)21-17(19-4)20-12-15-8-10-16(11-9-15)24(18,22)23;/h8-11,13-14H,5-7,12H2,1-4H3,(H2,18,22,23)(H2,19,20,21);1H. The summed E-state index contributed by atoms with van der Waals surface area (Å²) in [6.45, 7) is 7.18. The molecule has 0 bridgehead atoms. The molecule has 0 aliphatic carbocycles. The zero-order valence-corrected chi connectivity index (χ0v) is 18.6. The highest BCUT2D eigenvalue weighted by atomic mass is 127. The molecule has 0 amide bonds. The Balaban J connectivity index is 0.00000576. The molecule has 6 nitrogen and oxygen atoms in total. The monoisotopic (exact) mass is 482 g/mol. The van der Waals surface area contributed by atoms with Crippen LogP contribution in [0.15, 0.2) is 34.2 Å². The molecule has 0 saturated heterocycles. The van der Waals surface area contributed by atoms with E-state index in [-0.39, 0.29) is 28.9 Å². The smallest absolute Gasteiger partial charge is 0.238 e. The van der Waals surface area contributed by atoms with Crippen LogP contribution in [0.4, 0.5) is 0 Å². The fraction of sp³-hybridized carbons (Fsp3) is 0.588. The normalized spacial score (nSPS) is 13.3. The van der Waals surface area contributed by atoms with E-state index in [0.717, 1.165) is 23.9 Å². The second-order valence-corrected chi connectivity index (χ2v) is 8.05. The number of nitrogens with zero attached hydrogens (tertiary/aromatic N) is 1. The fourth-order valence-electron chi connectivity index (χ4n) is 2.32. The third-order valence-electron chi connectivity index (χ3n) is 3.74. The minimum absolute atomic E-state index is 0. The van der Waals surface area contributed by atoms with E-state index in [1.165, 1.54) is 25.0 Å². The van der Waals surface area contributed by atoms with Gasteiger partial charge < -0.3 is 10.6 Å². The van der Waals surface area contributed by atoms with Crippen LogP contribution in [0.5, 0.6) is 0 Å². The molecular formula is C17H31IN4O2S. The number of guanidine groups is 1. The Morgan fingerprint density at radius 2 is 1.76 bits per heavy atom. The number of hydrogen-bond donors (Lipinski definition) is 3. The number of nitrogens with one attached hydrogen (secondary N) is 2. The van der Waals surface area contributed by atoms with E-state index < -0.39 is 10.0 Å². The van der Waals surface area contributed by atoms with Gasteiger partial charge in [0.2, 0.25) is 10.0 Å². The Hall–Kier alpha value is -0.870. The first kappa shape index (κ1) is 24.1. The molecule has 0 aromatic heterocycles. The highest BCUT2D eigenvalue weighted by Crippen LogP contribution is 2.09. The van der Waals surface area contributed by atoms with Crippen molar-refractivity contribution < 1.29 is 8.42 Å². The van der Waals surface area contributed by atoms with Crippen LogP contribution in [0.2, 0.25) is 0 Å². The maximum atomic E-state index is 11.2. The lowest BCUT2D eigenvalue weighted by Gasteiger charge is -2.18. The molecule has 1 aromatic rings. The first-order valence-corrected chi connectivity index (χ1v) is 9.86. The SMILES string of the molecule is CN=C(NCc1ccc(S(N)(=O)=O)cc1)NC(C)CCCC(C)C.I. The molecule has 25 heavy (non-hydrogen) atoms. The average molecular weight is 482 g/mol. The summed E-state index contributed by atoms with van der Waals surface area (Å²) in [5.41, 5.74) is 0.956. The first-order valence-electron chi connectivity index (χ1n) is 8.31. The molecule has 8 heteroatoms. The van der Waals surface area contributed by atoms with Crippen LogP contribution >= 0.6 is 24.0 Å². The number of primary sulfonamides is 1. The lowest BCUT2D eigenvalue weighted by atomic mass is 10.0. The summed E-state index contributed by atoms with van der Waals surface area (Å²) in [7, 11) is -1.91. The fourth-order valence-corrected chi connectivity index (χ4v) is 2.83. The van der Waals surface area contributed by atoms with Crippen molar-refractivity contribution in [3.63, 3.8) is 0 Å². The maximum absolute atomic E-state index is 11.2. The third kappa shape index (κ3) is 10.0. The molecule has 0 aliphatic rings. The molecular weight excluding hydrogens is 451 g/mol. The first-order chi connectivity index (χ1) is 11.2. The molecule has 1 aromatic carbocycles. The van der Waals surface area contributed by atoms with Gasteiger partial charge in [0.15, 0.2) is 5.96 Å². The van der Waals surface area contributed by atoms with E-state index >= 15 is 0 Å². The molecule has 144 valence electrons. The minimum Gasteiger partial charge on any atom is -0.354 e. The third-order valence-corrected chi connectivity index (χ3v) is 4.67. The van der Waals surface area contributed by atoms with E-state index in [4.69, 9.17) is 5.14 Å². The quantitative estimate of drug-likeness (QED) is 0.302. The van der Waals surface area contributed by atoms with Gasteiger partial charge in [-0.25, -0.2) is 13.6 Å². The predicted octanol–water partition coefficient (Wildman–Crippen LogP) is 2.83. The van der Waals surface area contributed by atoms with Crippen LogP contribution in [0.1, 0.15) is 45.6 Å². The van der Waals surface area contributed by atoms with Gasteiger partial charge in [0.05, 0.1) is 4.90 Å². The van der Waals surface area contributed by atoms with Crippen LogP contribution in [0, 0.1) is 5.92 Å². The van der Waals surface area contributed by atoms with Gasteiger partial charge in [0.25, 0.3) is 0 Å². The number of aliphatic imine (C=N–C) groups is 1. The highest BCUT2D eigenvalue weighted by Gasteiger charge is 2.08. The van der Waals surface area contributed by atoms with Gasteiger partial charge in [-0.05, 0) is 37.0 Å². The number of sulfonamides is 1. The molecule has 0 fully saturated rings. The lowest BCUT2D eigenvalue weighted by molar-refractivity contribution is 0.491. The largest absolute Gasteiger partial charge is 0.354 e. The molecule has 0 radical (unpaired) electrons. The van der Waals surface area contributed by atoms with Crippen LogP contribution in [-0.2, 0) is 16.6 Å². The van der Waals surface area contributed by atoms with Crippen molar-refractivity contribution in [3.05, 3.63) is 29.8 Å². The zero-order chi connectivity index (χ0) is 18.2. The van der Waals surface area contributed by atoms with Gasteiger partial charge in [0.1, 0.15) is 0 Å². The molecule has 0 aliphatic heterocycles. The molecule has 0 saturated carbocycles. The molecule has 1 unspecified atom stereocenters. The number of halogens is 1. The summed E-state index contributed by atoms with van der Waals surface area (Å²) >= 11 is 0. The Morgan fingerprint density at radius 1 is 1.16 bits per heavy atom. The second kappa shape index (κ2) is 11.7. The summed E-state index contributed by atoms with van der Waals surface area (Å²) in [5, 5.41) is 11.7. The Labute approximate surface area is 169 Å². The van der Waals surface area contributed by atoms with Crippen molar-refractivity contribution in [1.29, 1.82) is 0 Å². The van der Waals surface area contributed by atoms with Gasteiger partial charge in [-0.2, -0.15) is 0 Å². The van der Waals surface area contributed by atoms with E-state index in [0.29, 0.717) is 12.6 Å². The molecule has 0 heterocycles. The van der Waals surface area contributed by atoms with Gasteiger partial charge in [-0.15, -0.1) is 24.0 Å². The van der Waals surface area contributed by atoms with Crippen molar-refractivity contribution in [2.24, 2.45) is 16.0 Å². The molecule has 1 rings (SSSR count). The minimum atomic E-state index is -3.64. The van der Waals surface area contributed by atoms with Gasteiger partial charge >= 0.3 is 0 Å². The summed E-state index contributed by atoms with van der Waals surface area (Å²) in [6.07, 6.45) is 3.52. The predicted molar refractivity (Wildman–Crippen MR) is 115 cm³/mol. The average Bonchev–Trinajstić information content (AvgIpc) is 2.50. The number of nitrogens with two attached hydrogens (primary N) is 1. The Bertz CT molecular complexity index is 631. The number of rotatable bonds is 8. The van der Waals surface area contributed by atoms with Crippen molar-refractivity contribution in [2.45, 2.75) is 57.5 Å². The topological polar surface area (TPSA) is 96.6 Å². The molecule has 4 N–H and O–H groups in total. The van der Waals surface area contributed by atoms with Crippen molar-refractivity contribution in [2.75, 3.05) is 7.05 Å². The van der Waals surface area contributed by atoms with Crippen molar-refractivity contribution >= 4 is 40.0 Å². The van der Waals surface area contributed by atoms with E-state index in [1.54, 1.807) is 19.2 Å². The zero-order valence-electron chi connectivity index (χ0n) is 15.5. The summed E-state index contributed by atoms with van der Waals surface area (Å²) in [4.78, 5) is 4.34. The van der Waals surface area contributed by atoms with Gasteiger partial charge in [-0.1, -0.05) is 38.8 Å². The second-order valence-electron chi connectivity index (χ2n) is 6.48. The van der Waals surface area contributed by atoms with Gasteiger partial charge in [-0.3, -0.25) is 4.99 Å². The maximum Gasteiger partial charge on any atom is 0.238 e. The van der Waals surface area contributed by atoms with Crippen molar-refractivity contribution in [3.8, 4) is 0 Å². The van der Waals surface area contributed by atoms with Crippen LogP contribution in [-0.4, -0.2) is 27.5 Å². The van der Waals surface area contributed by atoms with Crippen LogP contribution in [0.3, 0.4) is 0 Å². The summed E-state index contributed by atoms with van der Waals surface area (Å²) < 4.78 is 22.5. The van der Waals surface area contributed by atoms with E-state index in [1.807, 2.05) is 0 Å². The van der Waals surface area contributed by atoms with Crippen molar-refractivity contribution in [1.82, 2.24) is 10.6 Å². The van der Waals surface area contributed by atoms with E-state index in [2.05, 4.69) is 36.4 Å². The molecule has 0 spiro atoms. The molecule has 1 atom stereocenters. The highest BCUT2D eigenvalue weighted by molar-refractivity contribution is 14.0. The Morgan fingerprint density at radius 3 is 2.24 bits per heavy atom. The summed E-state index contributed by atoms with van der Waals surface area (Å²) in [5.74, 6) is 1.47. The van der Waals surface area contributed by atoms with Gasteiger partial charge in [0, 0.05) is 19.6 Å². The van der Waals surface area contributed by atoms with Crippen LogP contribution in [0.25, 0.3) is 0 Å². The number of hydrogen-bond acceptors (Lipinski definition) is 3. The summed E-state index contributed by atoms with van der Waals surface area (Å²) in [6, 6.07) is 6.85. The van der Waals surface area contributed by atoms with E-state index in [9.17, 15) is 8.42 Å². The Kier molecular flexibility index (Phi) is 11.3.